The Hall–Kier alpha value is -1.13. The second-order valence-corrected chi connectivity index (χ2v) is 5.52. The molecule has 2 heterocycles. The molecule has 86 valence electrons. The zero-order valence-corrected chi connectivity index (χ0v) is 10.7. The Morgan fingerprint density at radius 2 is 2.00 bits per heavy atom. The number of aryl methyl sites for hydroxylation is 3. The highest BCUT2D eigenvalue weighted by Gasteiger charge is 2.03. The van der Waals surface area contributed by atoms with Gasteiger partial charge in [0.25, 0.3) is 0 Å². The summed E-state index contributed by atoms with van der Waals surface area (Å²) in [6.45, 7) is 8.18. The number of hydrogen-bond acceptors (Lipinski definition) is 3. The fraction of sp³-hybridized carbons (Fsp3) is 0.417. The van der Waals surface area contributed by atoms with Crippen LogP contribution in [0.5, 0.6) is 0 Å². The molecule has 0 radical (unpaired) electrons. The summed E-state index contributed by atoms with van der Waals surface area (Å²) < 4.78 is 0. The molecule has 16 heavy (non-hydrogen) atoms. The van der Waals surface area contributed by atoms with Crippen LogP contribution < -0.4 is 5.32 Å². The SMILES string of the molecule is Cc1cc(CNCc2cn[nH]c2C)c(C)s1. The van der Waals surface area contributed by atoms with Crippen molar-refractivity contribution in [2.45, 2.75) is 33.9 Å². The van der Waals surface area contributed by atoms with Crippen LogP contribution in [-0.2, 0) is 13.1 Å². The van der Waals surface area contributed by atoms with E-state index in [1.807, 2.05) is 24.5 Å². The Morgan fingerprint density at radius 3 is 2.56 bits per heavy atom. The van der Waals surface area contributed by atoms with E-state index in [0.717, 1.165) is 18.8 Å². The molecule has 0 bridgehead atoms. The molecule has 0 atom stereocenters. The van der Waals surface area contributed by atoms with Crippen molar-refractivity contribution in [3.8, 4) is 0 Å². The zero-order valence-electron chi connectivity index (χ0n) is 9.92. The Labute approximate surface area is 99.9 Å². The number of rotatable bonds is 4. The van der Waals surface area contributed by atoms with Crippen LogP contribution in [0.15, 0.2) is 12.3 Å². The van der Waals surface area contributed by atoms with Crippen molar-refractivity contribution >= 4 is 11.3 Å². The third-order valence-corrected chi connectivity index (χ3v) is 3.72. The van der Waals surface area contributed by atoms with Crippen LogP contribution in [0, 0.1) is 20.8 Å². The lowest BCUT2D eigenvalue weighted by molar-refractivity contribution is 0.690. The van der Waals surface area contributed by atoms with Crippen LogP contribution in [0.25, 0.3) is 0 Å². The van der Waals surface area contributed by atoms with Crippen molar-refractivity contribution in [1.82, 2.24) is 15.5 Å². The second kappa shape index (κ2) is 4.80. The first-order chi connectivity index (χ1) is 7.66. The highest BCUT2D eigenvalue weighted by atomic mass is 32.1. The molecule has 0 spiro atoms. The summed E-state index contributed by atoms with van der Waals surface area (Å²) in [5.74, 6) is 0. The van der Waals surface area contributed by atoms with E-state index in [4.69, 9.17) is 0 Å². The van der Waals surface area contributed by atoms with E-state index >= 15 is 0 Å². The maximum absolute atomic E-state index is 4.01. The van der Waals surface area contributed by atoms with Crippen molar-refractivity contribution in [2.75, 3.05) is 0 Å². The molecule has 0 fully saturated rings. The molecule has 0 aliphatic rings. The number of aromatic amines is 1. The fourth-order valence-electron chi connectivity index (χ4n) is 1.74. The Morgan fingerprint density at radius 1 is 1.25 bits per heavy atom. The number of aromatic nitrogens is 2. The maximum Gasteiger partial charge on any atom is 0.0535 e. The quantitative estimate of drug-likeness (QED) is 0.855. The minimum absolute atomic E-state index is 0.872. The van der Waals surface area contributed by atoms with Gasteiger partial charge in [-0.15, -0.1) is 11.3 Å². The largest absolute Gasteiger partial charge is 0.308 e. The molecule has 2 N–H and O–H groups in total. The molecule has 2 aromatic rings. The summed E-state index contributed by atoms with van der Waals surface area (Å²) in [7, 11) is 0. The van der Waals surface area contributed by atoms with Crippen molar-refractivity contribution in [1.29, 1.82) is 0 Å². The molecule has 0 amide bonds. The normalized spacial score (nSPS) is 10.9. The first-order valence-corrected chi connectivity index (χ1v) is 6.24. The van der Waals surface area contributed by atoms with Crippen molar-refractivity contribution in [3.63, 3.8) is 0 Å². The first-order valence-electron chi connectivity index (χ1n) is 5.42. The second-order valence-electron chi connectivity index (χ2n) is 4.06. The van der Waals surface area contributed by atoms with Crippen LogP contribution in [0.1, 0.15) is 26.6 Å². The summed E-state index contributed by atoms with van der Waals surface area (Å²) in [4.78, 5) is 2.79. The molecular weight excluding hydrogens is 218 g/mol. The summed E-state index contributed by atoms with van der Waals surface area (Å²) in [6, 6.07) is 2.26. The summed E-state index contributed by atoms with van der Waals surface area (Å²) in [6.07, 6.45) is 1.88. The van der Waals surface area contributed by atoms with Gasteiger partial charge in [0.15, 0.2) is 0 Å². The molecule has 2 rings (SSSR count). The van der Waals surface area contributed by atoms with E-state index in [0.29, 0.717) is 0 Å². The minimum Gasteiger partial charge on any atom is -0.308 e. The van der Waals surface area contributed by atoms with Crippen LogP contribution in [0.4, 0.5) is 0 Å². The Bertz CT molecular complexity index is 470. The number of H-pyrrole nitrogens is 1. The van der Waals surface area contributed by atoms with Gasteiger partial charge in [-0.25, -0.2) is 0 Å². The van der Waals surface area contributed by atoms with Crippen molar-refractivity contribution in [3.05, 3.63) is 38.8 Å². The van der Waals surface area contributed by atoms with Gasteiger partial charge in [-0.05, 0) is 32.4 Å². The van der Waals surface area contributed by atoms with Crippen LogP contribution >= 0.6 is 11.3 Å². The lowest BCUT2D eigenvalue weighted by Crippen LogP contribution is -2.12. The highest BCUT2D eigenvalue weighted by molar-refractivity contribution is 7.12. The average molecular weight is 235 g/mol. The summed E-state index contributed by atoms with van der Waals surface area (Å²) in [5, 5.41) is 10.4. The predicted octanol–water partition coefficient (Wildman–Crippen LogP) is 2.69. The van der Waals surface area contributed by atoms with Crippen LogP contribution in [-0.4, -0.2) is 10.2 Å². The average Bonchev–Trinajstić information content (AvgIpc) is 2.75. The Kier molecular flexibility index (Phi) is 3.41. The van der Waals surface area contributed by atoms with E-state index in [1.54, 1.807) is 0 Å². The minimum atomic E-state index is 0.872. The number of thiophene rings is 1. The first kappa shape index (κ1) is 11.4. The van der Waals surface area contributed by atoms with Gasteiger partial charge >= 0.3 is 0 Å². The van der Waals surface area contributed by atoms with Gasteiger partial charge in [-0.2, -0.15) is 5.10 Å². The molecule has 0 aromatic carbocycles. The smallest absolute Gasteiger partial charge is 0.0535 e. The third kappa shape index (κ3) is 2.51. The van der Waals surface area contributed by atoms with Gasteiger partial charge < -0.3 is 5.32 Å². The van der Waals surface area contributed by atoms with Gasteiger partial charge in [0.05, 0.1) is 6.20 Å². The standard InChI is InChI=1S/C12H17N3S/c1-8-4-11(10(3)16-8)5-13-6-12-7-14-15-9(12)2/h4,7,13H,5-6H2,1-3H3,(H,14,15). The van der Waals surface area contributed by atoms with Crippen molar-refractivity contribution in [2.24, 2.45) is 0 Å². The summed E-state index contributed by atoms with van der Waals surface area (Å²) >= 11 is 1.86. The van der Waals surface area contributed by atoms with Gasteiger partial charge in [-0.3, -0.25) is 5.10 Å². The molecule has 0 aliphatic carbocycles. The fourth-order valence-corrected chi connectivity index (χ4v) is 2.69. The maximum atomic E-state index is 4.01. The van der Waals surface area contributed by atoms with E-state index in [-0.39, 0.29) is 0 Å². The van der Waals surface area contributed by atoms with E-state index in [1.165, 1.54) is 20.9 Å². The number of nitrogens with one attached hydrogen (secondary N) is 2. The molecule has 4 heteroatoms. The van der Waals surface area contributed by atoms with Crippen LogP contribution in [0.2, 0.25) is 0 Å². The van der Waals surface area contributed by atoms with Gasteiger partial charge in [0.2, 0.25) is 0 Å². The lowest BCUT2D eigenvalue weighted by atomic mass is 10.2. The molecule has 0 saturated heterocycles. The molecule has 0 saturated carbocycles. The van der Waals surface area contributed by atoms with Gasteiger partial charge in [0, 0.05) is 34.1 Å². The summed E-state index contributed by atoms with van der Waals surface area (Å²) in [5.41, 5.74) is 3.79. The number of hydrogen-bond donors (Lipinski definition) is 2. The third-order valence-electron chi connectivity index (χ3n) is 2.71. The van der Waals surface area contributed by atoms with E-state index in [2.05, 4.69) is 35.4 Å². The number of nitrogens with zero attached hydrogens (tertiary/aromatic N) is 1. The topological polar surface area (TPSA) is 40.7 Å². The van der Waals surface area contributed by atoms with Crippen molar-refractivity contribution < 1.29 is 0 Å². The molecular formula is C12H17N3S. The molecule has 2 aromatic heterocycles. The van der Waals surface area contributed by atoms with Gasteiger partial charge in [0.1, 0.15) is 0 Å². The van der Waals surface area contributed by atoms with Crippen LogP contribution in [0.3, 0.4) is 0 Å². The highest BCUT2D eigenvalue weighted by Crippen LogP contribution is 2.20. The van der Waals surface area contributed by atoms with E-state index in [9.17, 15) is 0 Å². The molecule has 0 aliphatic heterocycles. The van der Waals surface area contributed by atoms with Gasteiger partial charge in [-0.1, -0.05) is 0 Å². The lowest BCUT2D eigenvalue weighted by Gasteiger charge is -2.03. The monoisotopic (exact) mass is 235 g/mol. The van der Waals surface area contributed by atoms with E-state index < -0.39 is 0 Å². The predicted molar refractivity (Wildman–Crippen MR) is 67.7 cm³/mol. The molecule has 0 unspecified atom stereocenters. The Balaban J connectivity index is 1.89. The molecule has 3 nitrogen and oxygen atoms in total. The zero-order chi connectivity index (χ0) is 11.5.